The fourth-order valence-electron chi connectivity index (χ4n) is 3.20. The van der Waals surface area contributed by atoms with E-state index in [0.717, 1.165) is 5.56 Å². The number of aliphatic hydroxyl groups excluding tert-OH is 3. The van der Waals surface area contributed by atoms with Crippen LogP contribution in [-0.2, 0) is 16.0 Å². The zero-order valence-corrected chi connectivity index (χ0v) is 14.1. The first kappa shape index (κ1) is 19.6. The minimum Gasteiger partial charge on any atom is -0.390 e. The lowest BCUT2D eigenvalue weighted by atomic mass is 9.77. The van der Waals surface area contributed by atoms with E-state index in [-0.39, 0.29) is 12.8 Å². The van der Waals surface area contributed by atoms with Gasteiger partial charge in [0.2, 0.25) is 5.91 Å². The summed E-state index contributed by atoms with van der Waals surface area (Å²) in [7, 11) is 0. The number of carbonyl (C=O) groups is 1. The van der Waals surface area contributed by atoms with E-state index in [0.29, 0.717) is 0 Å². The first-order valence-corrected chi connectivity index (χ1v) is 8.13. The van der Waals surface area contributed by atoms with Gasteiger partial charge in [-0.2, -0.15) is 0 Å². The molecule has 6 atom stereocenters. The summed E-state index contributed by atoms with van der Waals surface area (Å²) < 4.78 is 5.33. The molecule has 0 spiro atoms. The van der Waals surface area contributed by atoms with Crippen LogP contribution in [0.1, 0.15) is 18.9 Å². The highest BCUT2D eigenvalue weighted by Gasteiger charge is 2.56. The molecule has 138 valence electrons. The molecule has 5 N–H and O–H groups in total. The van der Waals surface area contributed by atoms with Crippen LogP contribution in [0.3, 0.4) is 0 Å². The summed E-state index contributed by atoms with van der Waals surface area (Å²) in [4.78, 5) is 11.4. The van der Waals surface area contributed by atoms with Crippen LogP contribution >= 0.6 is 0 Å². The third kappa shape index (κ3) is 4.26. The zero-order valence-electron chi connectivity index (χ0n) is 14.1. The smallest absolute Gasteiger partial charge is 0.217 e. The summed E-state index contributed by atoms with van der Waals surface area (Å²) in [6.07, 6.45) is -4.08. The number of ether oxygens (including phenoxy) is 1. The molecule has 1 unspecified atom stereocenters. The standard InChI is InChI=1S/C18H25NO6/c1-3-9-18(24)15(19-11(2)20)17(23)25-14(16(18)22)13(21)10-12-7-5-4-6-8-12/h3-8,13-17,21-24H,1,9-10H2,2H3,(H,19,20)/t13?,14-,15-,16-,17+,18-/m1/s1. The van der Waals surface area contributed by atoms with Crippen molar-refractivity contribution in [2.75, 3.05) is 0 Å². The van der Waals surface area contributed by atoms with Crippen molar-refractivity contribution in [2.24, 2.45) is 0 Å². The Morgan fingerprint density at radius 3 is 2.60 bits per heavy atom. The maximum Gasteiger partial charge on any atom is 0.217 e. The third-order valence-electron chi connectivity index (χ3n) is 4.44. The number of hydrogen-bond acceptors (Lipinski definition) is 6. The predicted molar refractivity (Wildman–Crippen MR) is 90.4 cm³/mol. The molecule has 0 bridgehead atoms. The average Bonchev–Trinajstić information content (AvgIpc) is 2.56. The van der Waals surface area contributed by atoms with Crippen LogP contribution < -0.4 is 5.32 Å². The molecule has 25 heavy (non-hydrogen) atoms. The molecule has 1 aliphatic rings. The van der Waals surface area contributed by atoms with Crippen molar-refractivity contribution >= 4 is 5.91 Å². The van der Waals surface area contributed by atoms with Crippen LogP contribution in [0.2, 0.25) is 0 Å². The molecule has 1 aromatic carbocycles. The molecular formula is C18H25NO6. The highest BCUT2D eigenvalue weighted by Crippen LogP contribution is 2.34. The van der Waals surface area contributed by atoms with Crippen LogP contribution in [0.25, 0.3) is 0 Å². The van der Waals surface area contributed by atoms with Gasteiger partial charge in [-0.3, -0.25) is 4.79 Å². The molecule has 2 rings (SSSR count). The maximum absolute atomic E-state index is 11.4. The summed E-state index contributed by atoms with van der Waals surface area (Å²) in [5, 5.41) is 44.6. The number of aliphatic hydroxyl groups is 4. The van der Waals surface area contributed by atoms with Crippen molar-refractivity contribution in [2.45, 2.75) is 56.0 Å². The van der Waals surface area contributed by atoms with E-state index in [4.69, 9.17) is 4.74 Å². The Balaban J connectivity index is 2.23. The Kier molecular flexibility index (Phi) is 6.31. The molecule has 0 radical (unpaired) electrons. The lowest BCUT2D eigenvalue weighted by Crippen LogP contribution is -2.72. The topological polar surface area (TPSA) is 119 Å². The van der Waals surface area contributed by atoms with E-state index in [1.807, 2.05) is 30.3 Å². The summed E-state index contributed by atoms with van der Waals surface area (Å²) in [6, 6.07) is 7.84. The number of nitrogens with one attached hydrogen (secondary N) is 1. The predicted octanol–water partition coefficient (Wildman–Crippen LogP) is -0.520. The van der Waals surface area contributed by atoms with Gasteiger partial charge in [-0.25, -0.2) is 0 Å². The SMILES string of the molecule is C=CC[C@]1(O)[C@H](O)[C@@H](C(O)Cc2ccccc2)O[C@H](O)[C@H]1NC(C)=O. The van der Waals surface area contributed by atoms with Crippen molar-refractivity contribution < 1.29 is 30.0 Å². The Bertz CT molecular complexity index is 594. The molecule has 0 aliphatic carbocycles. The molecule has 7 heteroatoms. The Morgan fingerprint density at radius 2 is 2.04 bits per heavy atom. The van der Waals surface area contributed by atoms with Gasteiger partial charge in [-0.15, -0.1) is 6.58 Å². The van der Waals surface area contributed by atoms with Crippen LogP contribution in [0.4, 0.5) is 0 Å². The van der Waals surface area contributed by atoms with Gasteiger partial charge in [0.05, 0.1) is 6.10 Å². The lowest BCUT2D eigenvalue weighted by Gasteiger charge is -2.49. The van der Waals surface area contributed by atoms with E-state index in [1.165, 1.54) is 13.0 Å². The summed E-state index contributed by atoms with van der Waals surface area (Å²) in [5.74, 6) is -0.495. The van der Waals surface area contributed by atoms with Crippen molar-refractivity contribution in [3.8, 4) is 0 Å². The van der Waals surface area contributed by atoms with Crippen molar-refractivity contribution in [3.63, 3.8) is 0 Å². The van der Waals surface area contributed by atoms with Crippen molar-refractivity contribution in [1.82, 2.24) is 5.32 Å². The van der Waals surface area contributed by atoms with E-state index in [9.17, 15) is 25.2 Å². The van der Waals surface area contributed by atoms with Gasteiger partial charge >= 0.3 is 0 Å². The minimum absolute atomic E-state index is 0.103. The highest BCUT2D eigenvalue weighted by molar-refractivity contribution is 5.73. The maximum atomic E-state index is 11.4. The fraction of sp³-hybridized carbons (Fsp3) is 0.500. The number of rotatable bonds is 6. The van der Waals surface area contributed by atoms with Gasteiger partial charge < -0.3 is 30.5 Å². The van der Waals surface area contributed by atoms with Gasteiger partial charge in [-0.05, 0) is 12.0 Å². The lowest BCUT2D eigenvalue weighted by molar-refractivity contribution is -0.296. The number of amides is 1. The van der Waals surface area contributed by atoms with E-state index < -0.39 is 42.2 Å². The molecule has 1 aliphatic heterocycles. The second-order valence-corrected chi connectivity index (χ2v) is 6.36. The van der Waals surface area contributed by atoms with Gasteiger partial charge in [-0.1, -0.05) is 36.4 Å². The quantitative estimate of drug-likeness (QED) is 0.440. The zero-order chi connectivity index (χ0) is 18.6. The summed E-state index contributed by atoms with van der Waals surface area (Å²) in [5.41, 5.74) is -1.11. The van der Waals surface area contributed by atoms with Gasteiger partial charge in [0, 0.05) is 13.3 Å². The molecule has 1 heterocycles. The summed E-state index contributed by atoms with van der Waals surface area (Å²) in [6.45, 7) is 4.77. The highest BCUT2D eigenvalue weighted by atomic mass is 16.6. The molecule has 7 nitrogen and oxygen atoms in total. The average molecular weight is 351 g/mol. The molecule has 0 saturated carbocycles. The first-order valence-electron chi connectivity index (χ1n) is 8.13. The molecule has 1 aromatic rings. The molecular weight excluding hydrogens is 326 g/mol. The van der Waals surface area contributed by atoms with E-state index >= 15 is 0 Å². The number of carbonyl (C=O) groups excluding carboxylic acids is 1. The monoisotopic (exact) mass is 351 g/mol. The van der Waals surface area contributed by atoms with Crippen molar-refractivity contribution in [3.05, 3.63) is 48.6 Å². The molecule has 1 fully saturated rings. The Hall–Kier alpha value is -1.77. The Morgan fingerprint density at radius 1 is 1.40 bits per heavy atom. The van der Waals surface area contributed by atoms with Crippen LogP contribution in [0.15, 0.2) is 43.0 Å². The van der Waals surface area contributed by atoms with Crippen molar-refractivity contribution in [1.29, 1.82) is 0 Å². The van der Waals surface area contributed by atoms with Gasteiger partial charge in [0.15, 0.2) is 6.29 Å². The number of hydrogen-bond donors (Lipinski definition) is 5. The van der Waals surface area contributed by atoms with E-state index in [2.05, 4.69) is 11.9 Å². The molecule has 1 saturated heterocycles. The first-order chi connectivity index (χ1) is 11.8. The minimum atomic E-state index is -1.92. The largest absolute Gasteiger partial charge is 0.390 e. The number of benzene rings is 1. The van der Waals surface area contributed by atoms with E-state index in [1.54, 1.807) is 0 Å². The normalized spacial score (nSPS) is 33.5. The summed E-state index contributed by atoms with van der Waals surface area (Å²) >= 11 is 0. The second kappa shape index (κ2) is 8.07. The van der Waals surface area contributed by atoms with Crippen LogP contribution in [0, 0.1) is 0 Å². The second-order valence-electron chi connectivity index (χ2n) is 6.36. The fourth-order valence-corrected chi connectivity index (χ4v) is 3.20. The molecule has 0 aromatic heterocycles. The molecule has 1 amide bonds. The van der Waals surface area contributed by atoms with Gasteiger partial charge in [0.25, 0.3) is 0 Å². The van der Waals surface area contributed by atoms with Crippen LogP contribution in [0.5, 0.6) is 0 Å². The van der Waals surface area contributed by atoms with Crippen LogP contribution in [-0.4, -0.2) is 62.6 Å². The Labute approximate surface area is 146 Å². The third-order valence-corrected chi connectivity index (χ3v) is 4.44. The van der Waals surface area contributed by atoms with Gasteiger partial charge in [0.1, 0.15) is 23.9 Å².